The first kappa shape index (κ1) is 16.5. The Labute approximate surface area is 146 Å². The highest BCUT2D eigenvalue weighted by Crippen LogP contribution is 2.36. The lowest BCUT2D eigenvalue weighted by Gasteiger charge is -2.25. The number of nitrogens with one attached hydrogen (secondary N) is 1. The van der Waals surface area contributed by atoms with Gasteiger partial charge in [-0.1, -0.05) is 54.1 Å². The Kier molecular flexibility index (Phi) is 4.86. The molecule has 2 aromatic carbocycles. The molecule has 1 N–H and O–H groups in total. The van der Waals surface area contributed by atoms with Gasteiger partial charge in [0.1, 0.15) is 0 Å². The fourth-order valence-electron chi connectivity index (χ4n) is 3.13. The number of amides is 2. The summed E-state index contributed by atoms with van der Waals surface area (Å²) in [7, 11) is 1.76. The summed E-state index contributed by atoms with van der Waals surface area (Å²) < 4.78 is 0. The van der Waals surface area contributed by atoms with Crippen molar-refractivity contribution < 1.29 is 9.59 Å². The zero-order chi connectivity index (χ0) is 17.1. The monoisotopic (exact) mass is 342 g/mol. The topological polar surface area (TPSA) is 49.4 Å². The van der Waals surface area contributed by atoms with E-state index in [1.807, 2.05) is 42.5 Å². The van der Waals surface area contributed by atoms with Gasteiger partial charge in [-0.3, -0.25) is 9.59 Å². The molecule has 124 valence electrons. The van der Waals surface area contributed by atoms with Gasteiger partial charge in [-0.15, -0.1) is 0 Å². The molecule has 2 amide bonds. The van der Waals surface area contributed by atoms with Crippen molar-refractivity contribution in [1.82, 2.24) is 10.2 Å². The predicted octanol–water partition coefficient (Wildman–Crippen LogP) is 3.18. The number of rotatable bonds is 4. The van der Waals surface area contributed by atoms with Crippen LogP contribution in [0.3, 0.4) is 0 Å². The molecule has 5 heteroatoms. The van der Waals surface area contributed by atoms with E-state index >= 15 is 0 Å². The summed E-state index contributed by atoms with van der Waals surface area (Å²) >= 11 is 5.87. The molecule has 1 fully saturated rings. The Balaban J connectivity index is 1.72. The number of hydrogen-bond donors (Lipinski definition) is 1. The van der Waals surface area contributed by atoms with Gasteiger partial charge in [0.2, 0.25) is 11.8 Å². The van der Waals surface area contributed by atoms with Gasteiger partial charge in [-0.25, -0.2) is 0 Å². The minimum absolute atomic E-state index is 0.00417. The molecular weight excluding hydrogens is 324 g/mol. The van der Waals surface area contributed by atoms with E-state index in [4.69, 9.17) is 11.6 Å². The molecule has 4 nitrogen and oxygen atoms in total. The number of halogens is 1. The van der Waals surface area contributed by atoms with Gasteiger partial charge in [0, 0.05) is 25.0 Å². The van der Waals surface area contributed by atoms with E-state index in [9.17, 15) is 9.59 Å². The highest BCUT2D eigenvalue weighted by atomic mass is 35.5. The molecular formula is C19H19ClN2O2. The van der Waals surface area contributed by atoms with E-state index in [0.29, 0.717) is 11.6 Å². The molecule has 0 bridgehead atoms. The number of hydrogen-bond acceptors (Lipinski definition) is 2. The van der Waals surface area contributed by atoms with Crippen molar-refractivity contribution in [2.45, 2.75) is 19.0 Å². The van der Waals surface area contributed by atoms with Crippen molar-refractivity contribution in [3.63, 3.8) is 0 Å². The summed E-state index contributed by atoms with van der Waals surface area (Å²) in [4.78, 5) is 26.4. The number of carbonyl (C=O) groups excluding carboxylic acids is 2. The maximum atomic E-state index is 12.6. The standard InChI is InChI=1S/C19H19ClN2O2/c1-22-17(23)11-16(18(22)14-5-3-2-4-6-14)19(24)21-12-13-7-9-15(20)10-8-13/h2-10,16,18H,11-12H2,1H3,(H,21,24)/t16-,18-/m1/s1. The largest absolute Gasteiger partial charge is 0.352 e. The molecule has 2 aromatic rings. The Morgan fingerprint density at radius 2 is 1.83 bits per heavy atom. The molecule has 24 heavy (non-hydrogen) atoms. The van der Waals surface area contributed by atoms with Gasteiger partial charge >= 0.3 is 0 Å². The number of nitrogens with zero attached hydrogens (tertiary/aromatic N) is 1. The molecule has 2 atom stereocenters. The normalized spacial score (nSPS) is 20.2. The summed E-state index contributed by atoms with van der Waals surface area (Å²) in [6, 6.07) is 16.8. The van der Waals surface area contributed by atoms with Crippen molar-refractivity contribution in [2.75, 3.05) is 7.05 Å². The number of carbonyl (C=O) groups is 2. The summed E-state index contributed by atoms with van der Waals surface area (Å²) in [6.07, 6.45) is 0.239. The second-order valence-corrected chi connectivity index (χ2v) is 6.45. The highest BCUT2D eigenvalue weighted by molar-refractivity contribution is 6.30. The summed E-state index contributed by atoms with van der Waals surface area (Å²) in [5, 5.41) is 3.60. The zero-order valence-electron chi connectivity index (χ0n) is 13.4. The van der Waals surface area contributed by atoms with Crippen molar-refractivity contribution in [2.24, 2.45) is 5.92 Å². The average Bonchev–Trinajstić information content (AvgIpc) is 2.90. The van der Waals surface area contributed by atoms with Gasteiger partial charge in [0.15, 0.2) is 0 Å². The molecule has 0 radical (unpaired) electrons. The van der Waals surface area contributed by atoms with E-state index in [1.165, 1.54) is 0 Å². The lowest BCUT2D eigenvalue weighted by molar-refractivity contribution is -0.128. The van der Waals surface area contributed by atoms with Crippen LogP contribution >= 0.6 is 11.6 Å². The molecule has 3 rings (SSSR count). The summed E-state index contributed by atoms with van der Waals surface area (Å²) in [5.41, 5.74) is 1.96. The van der Waals surface area contributed by atoms with Crippen LogP contribution in [-0.2, 0) is 16.1 Å². The minimum Gasteiger partial charge on any atom is -0.352 e. The molecule has 0 spiro atoms. The fraction of sp³-hybridized carbons (Fsp3) is 0.263. The molecule has 0 aliphatic carbocycles. The third-order valence-electron chi connectivity index (χ3n) is 4.44. The van der Waals surface area contributed by atoms with Crippen molar-refractivity contribution in [3.8, 4) is 0 Å². The maximum Gasteiger partial charge on any atom is 0.226 e. The second-order valence-electron chi connectivity index (χ2n) is 6.02. The van der Waals surface area contributed by atoms with Crippen LogP contribution in [0.1, 0.15) is 23.6 Å². The van der Waals surface area contributed by atoms with Crippen LogP contribution in [0.15, 0.2) is 54.6 Å². The Hall–Kier alpha value is -2.33. The Morgan fingerprint density at radius 1 is 1.17 bits per heavy atom. The van der Waals surface area contributed by atoms with Gasteiger partial charge in [-0.05, 0) is 23.3 Å². The lowest BCUT2D eigenvalue weighted by Crippen LogP contribution is -2.34. The van der Waals surface area contributed by atoms with Crippen LogP contribution in [0, 0.1) is 5.92 Å². The lowest BCUT2D eigenvalue weighted by atomic mass is 9.93. The second kappa shape index (κ2) is 7.05. The third-order valence-corrected chi connectivity index (χ3v) is 4.70. The van der Waals surface area contributed by atoms with Crippen molar-refractivity contribution >= 4 is 23.4 Å². The van der Waals surface area contributed by atoms with E-state index < -0.39 is 0 Å². The third kappa shape index (κ3) is 3.44. The molecule has 1 heterocycles. The van der Waals surface area contributed by atoms with E-state index in [1.54, 1.807) is 24.1 Å². The van der Waals surface area contributed by atoms with E-state index in [-0.39, 0.29) is 30.2 Å². The molecule has 1 aliphatic rings. The SMILES string of the molecule is CN1C(=O)C[C@@H](C(=O)NCc2ccc(Cl)cc2)[C@H]1c1ccccc1. The molecule has 1 aliphatic heterocycles. The van der Waals surface area contributed by atoms with Crippen molar-refractivity contribution in [1.29, 1.82) is 0 Å². The van der Waals surface area contributed by atoms with Gasteiger partial charge in [-0.2, -0.15) is 0 Å². The van der Waals surface area contributed by atoms with Crippen LogP contribution in [0.2, 0.25) is 5.02 Å². The van der Waals surface area contributed by atoms with E-state index in [2.05, 4.69) is 5.32 Å². The summed E-state index contributed by atoms with van der Waals surface area (Å²) in [6.45, 7) is 0.423. The minimum atomic E-state index is -0.378. The highest BCUT2D eigenvalue weighted by Gasteiger charge is 2.42. The number of benzene rings is 2. The van der Waals surface area contributed by atoms with Crippen LogP contribution in [0.4, 0.5) is 0 Å². The van der Waals surface area contributed by atoms with Crippen molar-refractivity contribution in [3.05, 3.63) is 70.7 Å². The maximum absolute atomic E-state index is 12.6. The molecule has 0 saturated carbocycles. The first-order chi connectivity index (χ1) is 11.6. The van der Waals surface area contributed by atoms with Crippen LogP contribution < -0.4 is 5.32 Å². The zero-order valence-corrected chi connectivity index (χ0v) is 14.2. The van der Waals surface area contributed by atoms with Gasteiger partial charge in [0.05, 0.1) is 12.0 Å². The van der Waals surface area contributed by atoms with Crippen LogP contribution in [0.25, 0.3) is 0 Å². The first-order valence-corrected chi connectivity index (χ1v) is 8.27. The van der Waals surface area contributed by atoms with Gasteiger partial charge in [0.25, 0.3) is 0 Å². The smallest absolute Gasteiger partial charge is 0.226 e. The van der Waals surface area contributed by atoms with Gasteiger partial charge < -0.3 is 10.2 Å². The Morgan fingerprint density at radius 3 is 2.50 bits per heavy atom. The quantitative estimate of drug-likeness (QED) is 0.927. The molecule has 0 unspecified atom stereocenters. The summed E-state index contributed by atoms with van der Waals surface area (Å²) in [5.74, 6) is -0.482. The first-order valence-electron chi connectivity index (χ1n) is 7.89. The van der Waals surface area contributed by atoms with Crippen LogP contribution in [-0.4, -0.2) is 23.8 Å². The molecule has 1 saturated heterocycles. The molecule has 0 aromatic heterocycles. The number of likely N-dealkylation sites (tertiary alicyclic amines) is 1. The average molecular weight is 343 g/mol. The Bertz CT molecular complexity index is 731. The van der Waals surface area contributed by atoms with Crippen LogP contribution in [0.5, 0.6) is 0 Å². The van der Waals surface area contributed by atoms with E-state index in [0.717, 1.165) is 11.1 Å². The predicted molar refractivity (Wildman–Crippen MR) is 93.4 cm³/mol. The fourth-order valence-corrected chi connectivity index (χ4v) is 3.26.